The topological polar surface area (TPSA) is 122 Å². The monoisotopic (exact) mass is 475 g/mol. The van der Waals surface area contributed by atoms with Crippen molar-refractivity contribution in [2.75, 3.05) is 29.9 Å². The molecule has 1 saturated heterocycles. The normalized spacial score (nSPS) is 14.6. The zero-order chi connectivity index (χ0) is 24.5. The van der Waals surface area contributed by atoms with Crippen LogP contribution in [-0.4, -0.2) is 55.4 Å². The molecule has 0 spiro atoms. The number of carbonyl (C=O) groups is 1. The second-order valence-electron chi connectivity index (χ2n) is 9.11. The number of rotatable bonds is 6. The first kappa shape index (κ1) is 23.0. The molecule has 2 N–H and O–H groups in total. The Kier molecular flexibility index (Phi) is 6.21. The van der Waals surface area contributed by atoms with Crippen LogP contribution in [0.5, 0.6) is 0 Å². The summed E-state index contributed by atoms with van der Waals surface area (Å²) in [5.74, 6) is 1.28. The van der Waals surface area contributed by atoms with Crippen molar-refractivity contribution < 1.29 is 14.3 Å². The van der Waals surface area contributed by atoms with Gasteiger partial charge in [0.15, 0.2) is 11.5 Å². The molecule has 0 atom stereocenters. The molecule has 0 bridgehead atoms. The number of aryl methyl sites for hydroxylation is 3. The highest BCUT2D eigenvalue weighted by molar-refractivity contribution is 5.98. The first-order valence-electron chi connectivity index (χ1n) is 11.8. The second-order valence-corrected chi connectivity index (χ2v) is 9.11. The summed E-state index contributed by atoms with van der Waals surface area (Å²) in [5, 5.41) is 17.9. The largest absolute Gasteiger partial charge is 0.444 e. The summed E-state index contributed by atoms with van der Waals surface area (Å²) in [6, 6.07) is 5.66. The van der Waals surface area contributed by atoms with Crippen molar-refractivity contribution in [1.82, 2.24) is 24.7 Å². The highest BCUT2D eigenvalue weighted by Crippen LogP contribution is 2.32. The van der Waals surface area contributed by atoms with Crippen molar-refractivity contribution >= 4 is 28.4 Å². The van der Waals surface area contributed by atoms with Crippen LogP contribution in [0.15, 0.2) is 35.1 Å². The van der Waals surface area contributed by atoms with E-state index in [9.17, 15) is 9.90 Å². The standard InChI is InChI=1S/C25H29N7O3/c1-15-10-18(4-7-26-15)25-27-19(14-35-25)11-22(34)28-21-12-20-16(2)30-31(3)23(20)29-24(21)32-8-5-17(13-33)6-9-32/h4,7,10,12,14,17,33H,5-6,8-9,11,13H2,1-3H3,(H,28,34). The Labute approximate surface area is 203 Å². The van der Waals surface area contributed by atoms with E-state index in [1.54, 1.807) is 10.9 Å². The molecule has 1 fully saturated rings. The number of piperidine rings is 1. The van der Waals surface area contributed by atoms with Gasteiger partial charge in [-0.2, -0.15) is 5.10 Å². The molecule has 1 aliphatic heterocycles. The van der Waals surface area contributed by atoms with E-state index in [-0.39, 0.29) is 18.9 Å². The minimum Gasteiger partial charge on any atom is -0.444 e. The maximum Gasteiger partial charge on any atom is 0.230 e. The molecule has 1 amide bonds. The Bertz CT molecular complexity index is 1370. The summed E-state index contributed by atoms with van der Waals surface area (Å²) in [7, 11) is 1.87. The fourth-order valence-corrected chi connectivity index (χ4v) is 4.55. The summed E-state index contributed by atoms with van der Waals surface area (Å²) in [6.45, 7) is 5.56. The number of aliphatic hydroxyl groups excluding tert-OH is 1. The number of fused-ring (bicyclic) bond motifs is 1. The summed E-state index contributed by atoms with van der Waals surface area (Å²) in [4.78, 5) is 28.8. The van der Waals surface area contributed by atoms with E-state index < -0.39 is 0 Å². The van der Waals surface area contributed by atoms with E-state index in [0.717, 1.165) is 59.7 Å². The van der Waals surface area contributed by atoms with Crippen LogP contribution in [-0.2, 0) is 18.3 Å². The Balaban J connectivity index is 1.39. The van der Waals surface area contributed by atoms with Gasteiger partial charge in [0.25, 0.3) is 0 Å². The fourth-order valence-electron chi connectivity index (χ4n) is 4.55. The number of carbonyl (C=O) groups excluding carboxylic acids is 1. The van der Waals surface area contributed by atoms with E-state index >= 15 is 0 Å². The van der Waals surface area contributed by atoms with Gasteiger partial charge in [-0.25, -0.2) is 9.97 Å². The van der Waals surface area contributed by atoms with Crippen LogP contribution >= 0.6 is 0 Å². The first-order valence-corrected chi connectivity index (χ1v) is 11.8. The minimum atomic E-state index is -0.204. The molecule has 182 valence electrons. The van der Waals surface area contributed by atoms with E-state index in [0.29, 0.717) is 23.2 Å². The maximum absolute atomic E-state index is 13.0. The Morgan fingerprint density at radius 3 is 2.77 bits per heavy atom. The molecule has 0 aromatic carbocycles. The molecule has 0 unspecified atom stereocenters. The van der Waals surface area contributed by atoms with Crippen molar-refractivity contribution in [2.45, 2.75) is 33.1 Å². The average molecular weight is 476 g/mol. The zero-order valence-electron chi connectivity index (χ0n) is 20.2. The van der Waals surface area contributed by atoms with Gasteiger partial charge in [-0.05, 0) is 50.8 Å². The van der Waals surface area contributed by atoms with Crippen LogP contribution in [0.1, 0.15) is 29.9 Å². The number of nitrogens with zero attached hydrogens (tertiary/aromatic N) is 6. The molecule has 0 saturated carbocycles. The molecule has 10 nitrogen and oxygen atoms in total. The van der Waals surface area contributed by atoms with Crippen molar-refractivity contribution in [1.29, 1.82) is 0 Å². The molecule has 4 aromatic rings. The highest BCUT2D eigenvalue weighted by atomic mass is 16.3. The molecule has 0 radical (unpaired) electrons. The quantitative estimate of drug-likeness (QED) is 0.436. The van der Waals surface area contributed by atoms with Crippen LogP contribution < -0.4 is 10.2 Å². The third-order valence-electron chi connectivity index (χ3n) is 6.46. The minimum absolute atomic E-state index is 0.0731. The van der Waals surface area contributed by atoms with E-state index in [1.807, 2.05) is 39.1 Å². The number of pyridine rings is 2. The molecule has 4 aromatic heterocycles. The van der Waals surface area contributed by atoms with Gasteiger partial charge in [-0.3, -0.25) is 14.5 Å². The number of anilines is 2. The number of hydrogen-bond donors (Lipinski definition) is 2. The maximum atomic E-state index is 13.0. The predicted octanol–water partition coefficient (Wildman–Crippen LogP) is 3.03. The molecule has 5 heterocycles. The van der Waals surface area contributed by atoms with Crippen molar-refractivity contribution in [2.24, 2.45) is 13.0 Å². The van der Waals surface area contributed by atoms with E-state index in [1.165, 1.54) is 6.26 Å². The van der Waals surface area contributed by atoms with Gasteiger partial charge in [0.1, 0.15) is 6.26 Å². The number of hydrogen-bond acceptors (Lipinski definition) is 8. The third kappa shape index (κ3) is 4.74. The van der Waals surface area contributed by atoms with Gasteiger partial charge in [-0.1, -0.05) is 0 Å². The average Bonchev–Trinajstić information content (AvgIpc) is 3.42. The van der Waals surface area contributed by atoms with Gasteiger partial charge in [0.05, 0.1) is 23.5 Å². The highest BCUT2D eigenvalue weighted by Gasteiger charge is 2.24. The van der Waals surface area contributed by atoms with E-state index in [4.69, 9.17) is 9.40 Å². The lowest BCUT2D eigenvalue weighted by Gasteiger charge is -2.33. The third-order valence-corrected chi connectivity index (χ3v) is 6.46. The second kappa shape index (κ2) is 9.46. The van der Waals surface area contributed by atoms with Gasteiger partial charge >= 0.3 is 0 Å². The number of aromatic nitrogens is 5. The number of nitrogens with one attached hydrogen (secondary N) is 1. The molecular formula is C25H29N7O3. The lowest BCUT2D eigenvalue weighted by atomic mass is 9.98. The number of amides is 1. The van der Waals surface area contributed by atoms with Gasteiger partial charge < -0.3 is 19.7 Å². The van der Waals surface area contributed by atoms with Crippen molar-refractivity contribution in [3.63, 3.8) is 0 Å². The van der Waals surface area contributed by atoms with Crippen LogP contribution in [0.25, 0.3) is 22.5 Å². The molecular weight excluding hydrogens is 446 g/mol. The molecule has 10 heteroatoms. The SMILES string of the molecule is Cc1cc(-c2nc(CC(=O)Nc3cc4c(C)nn(C)c4nc3N3CCC(CO)CC3)co2)ccn1. The summed E-state index contributed by atoms with van der Waals surface area (Å²) >= 11 is 0. The smallest absolute Gasteiger partial charge is 0.230 e. The summed E-state index contributed by atoms with van der Waals surface area (Å²) in [6.07, 6.45) is 5.05. The summed E-state index contributed by atoms with van der Waals surface area (Å²) < 4.78 is 7.36. The zero-order valence-corrected chi connectivity index (χ0v) is 20.2. The van der Waals surface area contributed by atoms with Crippen LogP contribution in [0, 0.1) is 19.8 Å². The Hall–Kier alpha value is -3.79. The number of oxazole rings is 1. The fraction of sp³-hybridized carbons (Fsp3) is 0.400. The first-order chi connectivity index (χ1) is 16.9. The Morgan fingerprint density at radius 2 is 2.03 bits per heavy atom. The van der Waals surface area contributed by atoms with Gasteiger partial charge in [0.2, 0.25) is 11.8 Å². The molecule has 5 rings (SSSR count). The van der Waals surface area contributed by atoms with Gasteiger partial charge in [0, 0.05) is 49.6 Å². The lowest BCUT2D eigenvalue weighted by molar-refractivity contribution is -0.115. The van der Waals surface area contributed by atoms with E-state index in [2.05, 4.69) is 25.3 Å². The van der Waals surface area contributed by atoms with Crippen LogP contribution in [0.2, 0.25) is 0 Å². The number of aliphatic hydroxyl groups is 1. The molecule has 0 aliphatic carbocycles. The Morgan fingerprint density at radius 1 is 1.23 bits per heavy atom. The molecule has 35 heavy (non-hydrogen) atoms. The van der Waals surface area contributed by atoms with Crippen LogP contribution in [0.3, 0.4) is 0 Å². The van der Waals surface area contributed by atoms with Crippen molar-refractivity contribution in [3.8, 4) is 11.5 Å². The van der Waals surface area contributed by atoms with Crippen LogP contribution in [0.4, 0.5) is 11.5 Å². The lowest BCUT2D eigenvalue weighted by Crippen LogP contribution is -2.36. The molecule has 1 aliphatic rings. The summed E-state index contributed by atoms with van der Waals surface area (Å²) in [5.41, 5.74) is 4.50. The predicted molar refractivity (Wildman–Crippen MR) is 132 cm³/mol. The van der Waals surface area contributed by atoms with Crippen molar-refractivity contribution in [3.05, 3.63) is 47.7 Å². The van der Waals surface area contributed by atoms with Gasteiger partial charge in [-0.15, -0.1) is 0 Å².